The summed E-state index contributed by atoms with van der Waals surface area (Å²) in [5.74, 6) is -0.180. The standard InChI is InChI=1S/C13H22NO3.3C4H9.Sn/c1-4-5-6-12(16)11-7-8-14(3)9-13(11)17-10(2)15;3*1-3-4-2;/h1,4,11-13,16H,5-9H2,2-3H3;3*1,3-4H2,2H3;. The number of likely N-dealkylation sites (tertiary alicyclic amines) is 1. The van der Waals surface area contributed by atoms with Gasteiger partial charge in [-0.05, 0) is 0 Å². The maximum atomic E-state index is 11.5. The number of hydrogen-bond donors (Lipinski definition) is 1. The third kappa shape index (κ3) is 10.5. The molecule has 0 spiro atoms. The second-order valence-corrected chi connectivity index (χ2v) is 22.6. The van der Waals surface area contributed by atoms with Crippen LogP contribution in [0.15, 0.2) is 10.2 Å². The number of ether oxygens (including phenoxy) is 1. The van der Waals surface area contributed by atoms with Crippen LogP contribution in [0.2, 0.25) is 13.3 Å². The predicted molar refractivity (Wildman–Crippen MR) is 130 cm³/mol. The minimum absolute atomic E-state index is 0.0621. The number of esters is 1. The molecule has 1 heterocycles. The van der Waals surface area contributed by atoms with Gasteiger partial charge in [-0.1, -0.05) is 0 Å². The molecule has 0 bridgehead atoms. The fraction of sp³-hybridized carbons (Fsp3) is 0.880. The molecule has 0 aliphatic carbocycles. The Morgan fingerprint density at radius 2 is 1.70 bits per heavy atom. The van der Waals surface area contributed by atoms with Crippen LogP contribution in [0.4, 0.5) is 0 Å². The van der Waals surface area contributed by atoms with Crippen LogP contribution in [0.5, 0.6) is 0 Å². The molecule has 1 saturated heterocycles. The SMILES string of the molecule is CCC[CH2][Sn](/[CH]=C/CCC(O)C1CCN(C)CC1OC(C)=O)([CH2]CCC)[CH2]CCC. The van der Waals surface area contributed by atoms with Crippen molar-refractivity contribution in [3.63, 3.8) is 0 Å². The molecule has 0 aromatic carbocycles. The summed E-state index contributed by atoms with van der Waals surface area (Å²) in [7, 11) is 2.05. The van der Waals surface area contributed by atoms with Crippen LogP contribution in [0.1, 0.15) is 85.5 Å². The zero-order chi connectivity index (χ0) is 22.4. The zero-order valence-electron chi connectivity index (χ0n) is 20.5. The fourth-order valence-electron chi connectivity index (χ4n) is 4.89. The molecule has 0 saturated carbocycles. The molecule has 3 unspecified atom stereocenters. The van der Waals surface area contributed by atoms with Gasteiger partial charge < -0.3 is 0 Å². The second kappa shape index (κ2) is 15.7. The monoisotopic (exact) mass is 531 g/mol. The first-order chi connectivity index (χ1) is 14.4. The van der Waals surface area contributed by atoms with Crippen molar-refractivity contribution in [1.29, 1.82) is 0 Å². The van der Waals surface area contributed by atoms with E-state index in [-0.39, 0.29) is 24.1 Å². The number of aliphatic hydroxyl groups is 1. The van der Waals surface area contributed by atoms with E-state index in [9.17, 15) is 9.90 Å². The van der Waals surface area contributed by atoms with Crippen molar-refractivity contribution >= 4 is 24.3 Å². The molecule has 0 amide bonds. The van der Waals surface area contributed by atoms with E-state index in [2.05, 4.69) is 42.9 Å². The number of carbonyl (C=O) groups excluding carboxylic acids is 1. The minimum atomic E-state index is -2.22. The number of likely N-dealkylation sites (N-methyl/N-ethyl adjacent to an activating group) is 1. The average Bonchev–Trinajstić information content (AvgIpc) is 2.71. The van der Waals surface area contributed by atoms with E-state index >= 15 is 0 Å². The molecule has 4 nitrogen and oxygen atoms in total. The molecule has 0 radical (unpaired) electrons. The molecule has 30 heavy (non-hydrogen) atoms. The van der Waals surface area contributed by atoms with Crippen LogP contribution in [0, 0.1) is 5.92 Å². The fourth-order valence-corrected chi connectivity index (χ4v) is 19.4. The van der Waals surface area contributed by atoms with Crippen molar-refractivity contribution in [2.75, 3.05) is 20.1 Å². The second-order valence-electron chi connectivity index (χ2n) is 9.58. The zero-order valence-corrected chi connectivity index (χ0v) is 23.4. The third-order valence-corrected chi connectivity index (χ3v) is 21.1. The third-order valence-electron chi connectivity index (χ3n) is 6.81. The van der Waals surface area contributed by atoms with E-state index in [4.69, 9.17) is 4.74 Å². The van der Waals surface area contributed by atoms with Crippen molar-refractivity contribution in [3.8, 4) is 0 Å². The topological polar surface area (TPSA) is 49.8 Å². The van der Waals surface area contributed by atoms with Gasteiger partial charge >= 0.3 is 191 Å². The number of allylic oxidation sites excluding steroid dienone is 1. The molecular weight excluding hydrogens is 481 g/mol. The molecule has 176 valence electrons. The van der Waals surface area contributed by atoms with Crippen molar-refractivity contribution in [3.05, 3.63) is 10.2 Å². The van der Waals surface area contributed by atoms with Crippen LogP contribution in [-0.2, 0) is 9.53 Å². The number of piperidine rings is 1. The number of carbonyl (C=O) groups is 1. The molecule has 0 aromatic heterocycles. The van der Waals surface area contributed by atoms with Crippen molar-refractivity contribution in [2.24, 2.45) is 5.92 Å². The maximum absolute atomic E-state index is 11.5. The summed E-state index contributed by atoms with van der Waals surface area (Å²) in [6.07, 6.45) is 12.5. The number of aliphatic hydroxyl groups excluding tert-OH is 1. The van der Waals surface area contributed by atoms with Crippen LogP contribution < -0.4 is 0 Å². The van der Waals surface area contributed by atoms with E-state index in [1.165, 1.54) is 58.8 Å². The van der Waals surface area contributed by atoms with Gasteiger partial charge in [-0.3, -0.25) is 0 Å². The van der Waals surface area contributed by atoms with E-state index in [1.54, 1.807) is 0 Å². The summed E-state index contributed by atoms with van der Waals surface area (Å²) in [4.78, 5) is 13.7. The van der Waals surface area contributed by atoms with Gasteiger partial charge in [0.25, 0.3) is 0 Å². The quantitative estimate of drug-likeness (QED) is 0.210. The Balaban J connectivity index is 2.70. The van der Waals surface area contributed by atoms with E-state index < -0.39 is 18.4 Å². The Morgan fingerprint density at radius 3 is 2.20 bits per heavy atom. The first-order valence-electron chi connectivity index (χ1n) is 12.6. The Labute approximate surface area is 190 Å². The van der Waals surface area contributed by atoms with Gasteiger partial charge in [0.15, 0.2) is 0 Å². The summed E-state index contributed by atoms with van der Waals surface area (Å²) in [5.41, 5.74) is 0. The van der Waals surface area contributed by atoms with Gasteiger partial charge in [0, 0.05) is 0 Å². The number of unbranched alkanes of at least 4 members (excludes halogenated alkanes) is 3. The van der Waals surface area contributed by atoms with Crippen LogP contribution in [0.25, 0.3) is 0 Å². The molecule has 1 aliphatic heterocycles. The Morgan fingerprint density at radius 1 is 1.13 bits per heavy atom. The molecule has 3 atom stereocenters. The first-order valence-corrected chi connectivity index (χ1v) is 20.3. The molecule has 1 fully saturated rings. The summed E-state index contributed by atoms with van der Waals surface area (Å²) in [5, 5.41) is 10.9. The normalized spacial score (nSPS) is 21.8. The van der Waals surface area contributed by atoms with E-state index in [0.717, 1.165) is 32.4 Å². The molecule has 1 N–H and O–H groups in total. The first kappa shape index (κ1) is 28.0. The average molecular weight is 530 g/mol. The van der Waals surface area contributed by atoms with Gasteiger partial charge in [0.1, 0.15) is 0 Å². The van der Waals surface area contributed by atoms with E-state index in [1.807, 2.05) is 0 Å². The number of hydrogen-bond acceptors (Lipinski definition) is 4. The number of nitrogens with zero attached hydrogens (tertiary/aromatic N) is 1. The molecule has 1 rings (SSSR count). The van der Waals surface area contributed by atoms with Gasteiger partial charge in [0.2, 0.25) is 0 Å². The molecule has 1 aliphatic rings. The van der Waals surface area contributed by atoms with E-state index in [0.29, 0.717) is 0 Å². The summed E-state index contributed by atoms with van der Waals surface area (Å²) in [6, 6.07) is 0. The molecular formula is C25H49NO3Sn. The number of rotatable bonds is 15. The van der Waals surface area contributed by atoms with Crippen molar-refractivity contribution in [2.45, 2.75) is 111 Å². The Bertz CT molecular complexity index is 475. The molecule has 5 heteroatoms. The van der Waals surface area contributed by atoms with Crippen LogP contribution >= 0.6 is 0 Å². The van der Waals surface area contributed by atoms with Gasteiger partial charge in [-0.25, -0.2) is 0 Å². The summed E-state index contributed by atoms with van der Waals surface area (Å²) in [6.45, 7) is 10.1. The van der Waals surface area contributed by atoms with Crippen LogP contribution in [-0.4, -0.2) is 66.7 Å². The predicted octanol–water partition coefficient (Wildman–Crippen LogP) is 5.96. The molecule has 0 aromatic rings. The Hall–Kier alpha value is -0.0713. The summed E-state index contributed by atoms with van der Waals surface area (Å²) < 4.78 is 12.7. The van der Waals surface area contributed by atoms with Gasteiger partial charge in [-0.15, -0.1) is 0 Å². The van der Waals surface area contributed by atoms with Gasteiger partial charge in [-0.2, -0.15) is 0 Å². The van der Waals surface area contributed by atoms with Crippen LogP contribution in [0.3, 0.4) is 0 Å². The Kier molecular flexibility index (Phi) is 14.6. The summed E-state index contributed by atoms with van der Waals surface area (Å²) >= 11 is -2.22. The van der Waals surface area contributed by atoms with Crippen molar-refractivity contribution < 1.29 is 14.6 Å². The van der Waals surface area contributed by atoms with Crippen molar-refractivity contribution in [1.82, 2.24) is 4.90 Å². The van der Waals surface area contributed by atoms with Gasteiger partial charge in [0.05, 0.1) is 0 Å².